The fourth-order valence-corrected chi connectivity index (χ4v) is 3.22. The first-order valence-electron chi connectivity index (χ1n) is 9.32. The Bertz CT molecular complexity index is 805. The first kappa shape index (κ1) is 24.1. The van der Waals surface area contributed by atoms with Gasteiger partial charge in [0.05, 0.1) is 7.11 Å². The summed E-state index contributed by atoms with van der Waals surface area (Å²) in [7, 11) is 1.11. The second kappa shape index (κ2) is 9.77. The second-order valence-electron chi connectivity index (χ2n) is 6.98. The van der Waals surface area contributed by atoms with E-state index in [1.165, 1.54) is 0 Å². The number of fused-ring (bicyclic) bond motifs is 1. The molecule has 1 N–H and O–H groups in total. The lowest BCUT2D eigenvalue weighted by Gasteiger charge is -2.45. The van der Waals surface area contributed by atoms with Crippen molar-refractivity contribution in [3.8, 4) is 0 Å². The summed E-state index contributed by atoms with van der Waals surface area (Å²) in [6, 6.07) is -1.12. The Labute approximate surface area is 178 Å². The minimum Gasteiger partial charge on any atom is -0.478 e. The van der Waals surface area contributed by atoms with E-state index >= 15 is 0 Å². The van der Waals surface area contributed by atoms with Gasteiger partial charge in [0.1, 0.15) is 24.9 Å². The van der Waals surface area contributed by atoms with E-state index in [9.17, 15) is 24.3 Å². The Balaban J connectivity index is 2.54. The van der Waals surface area contributed by atoms with Crippen molar-refractivity contribution in [3.63, 3.8) is 0 Å². The maximum absolute atomic E-state index is 12.1. The lowest BCUT2D eigenvalue weighted by Crippen LogP contribution is -2.62. The Hall–Kier alpha value is -3.15. The molecule has 0 aromatic carbocycles. The number of hydrogen-bond acceptors (Lipinski definition) is 12. The molecule has 0 radical (unpaired) electrons. The minimum atomic E-state index is -1.83. The fraction of sp³-hybridized carbons (Fsp3) is 0.632. The molecule has 0 spiro atoms. The van der Waals surface area contributed by atoms with Crippen molar-refractivity contribution >= 4 is 29.8 Å². The van der Waals surface area contributed by atoms with Gasteiger partial charge < -0.3 is 33.5 Å². The van der Waals surface area contributed by atoms with Crippen LogP contribution < -0.4 is 0 Å². The number of carbonyl (C=O) groups excluding carboxylic acids is 4. The van der Waals surface area contributed by atoms with Gasteiger partial charge in [-0.05, 0) is 0 Å². The molecule has 0 aromatic rings. The van der Waals surface area contributed by atoms with Crippen molar-refractivity contribution < 1.29 is 52.7 Å². The highest BCUT2D eigenvalue weighted by Crippen LogP contribution is 2.36. The molecule has 0 aliphatic carbocycles. The lowest BCUT2D eigenvalue weighted by atomic mass is 9.83. The second-order valence-corrected chi connectivity index (χ2v) is 6.98. The van der Waals surface area contributed by atoms with Crippen molar-refractivity contribution in [3.05, 3.63) is 11.8 Å². The van der Waals surface area contributed by atoms with Crippen LogP contribution in [-0.2, 0) is 47.6 Å². The van der Waals surface area contributed by atoms with Crippen LogP contribution in [0.5, 0.6) is 0 Å². The minimum absolute atomic E-state index is 0.212. The van der Waals surface area contributed by atoms with Crippen molar-refractivity contribution in [1.82, 2.24) is 0 Å². The molecule has 0 bridgehead atoms. The maximum atomic E-state index is 12.1. The average Bonchev–Trinajstić information content (AvgIpc) is 2.68. The number of nitrogens with zero attached hydrogens (tertiary/aromatic N) is 1. The van der Waals surface area contributed by atoms with Crippen LogP contribution in [0.25, 0.3) is 0 Å². The molecule has 2 rings (SSSR count). The summed E-state index contributed by atoms with van der Waals surface area (Å²) in [5.41, 5.74) is -1.83. The van der Waals surface area contributed by atoms with Crippen LogP contribution in [0.15, 0.2) is 16.8 Å². The van der Waals surface area contributed by atoms with Gasteiger partial charge in [-0.3, -0.25) is 14.4 Å². The molecular weight excluding hydrogens is 418 g/mol. The number of aliphatic hydroxyl groups is 1. The quantitative estimate of drug-likeness (QED) is 0.396. The van der Waals surface area contributed by atoms with Crippen LogP contribution in [0.1, 0.15) is 27.7 Å². The number of carbonyl (C=O) groups is 4. The molecular formula is C19H25NO11. The molecule has 0 amide bonds. The van der Waals surface area contributed by atoms with Crippen molar-refractivity contribution in [2.45, 2.75) is 57.6 Å². The van der Waals surface area contributed by atoms with Gasteiger partial charge in [-0.2, -0.15) is 0 Å². The summed E-state index contributed by atoms with van der Waals surface area (Å²) in [5.74, 6) is -3.28. The number of aliphatic imine (C=N–C) groups is 1. The predicted octanol–water partition coefficient (Wildman–Crippen LogP) is -0.583. The molecule has 0 aromatic heterocycles. The lowest BCUT2D eigenvalue weighted by molar-refractivity contribution is -0.194. The van der Waals surface area contributed by atoms with Gasteiger partial charge in [0.2, 0.25) is 5.76 Å². The molecule has 5 atom stereocenters. The van der Waals surface area contributed by atoms with Gasteiger partial charge in [0.25, 0.3) is 0 Å². The summed E-state index contributed by atoms with van der Waals surface area (Å²) in [4.78, 5) is 51.2. The number of hydrogen-bond donors (Lipinski definition) is 1. The zero-order valence-electron chi connectivity index (χ0n) is 17.8. The monoisotopic (exact) mass is 443 g/mol. The summed E-state index contributed by atoms with van der Waals surface area (Å²) in [6.07, 6.45) is -2.96. The predicted molar refractivity (Wildman–Crippen MR) is 101 cm³/mol. The maximum Gasteiger partial charge on any atom is 0.373 e. The Morgan fingerprint density at radius 2 is 1.84 bits per heavy atom. The summed E-state index contributed by atoms with van der Waals surface area (Å²) in [5, 5.41) is 11.1. The first-order chi connectivity index (χ1) is 14.5. The first-order valence-corrected chi connectivity index (χ1v) is 9.32. The smallest absolute Gasteiger partial charge is 0.373 e. The van der Waals surface area contributed by atoms with Gasteiger partial charge >= 0.3 is 23.9 Å². The zero-order valence-corrected chi connectivity index (χ0v) is 17.8. The summed E-state index contributed by atoms with van der Waals surface area (Å²) >= 11 is 0. The third-order valence-corrected chi connectivity index (χ3v) is 4.45. The molecule has 31 heavy (non-hydrogen) atoms. The standard InChI is InChI=1S/C19H25NO11/c1-9-20-17-16(31-13(18(24)26-5)6-19(17,25)8-28-9)15(30-12(4)23)14(29-11(3)22)7-27-10(2)21/h6,14-17,25H,7-8H2,1-5H3/t14-,15-,16+,17-,19+/m1/s1. The van der Waals surface area contributed by atoms with Gasteiger partial charge in [-0.15, -0.1) is 0 Å². The van der Waals surface area contributed by atoms with Crippen LogP contribution >= 0.6 is 0 Å². The summed E-state index contributed by atoms with van der Waals surface area (Å²) < 4.78 is 31.2. The van der Waals surface area contributed by atoms with E-state index in [1.807, 2.05) is 0 Å². The topological polar surface area (TPSA) is 156 Å². The van der Waals surface area contributed by atoms with Gasteiger partial charge in [0.15, 0.2) is 24.2 Å². The number of methoxy groups -OCH3 is 1. The summed E-state index contributed by atoms with van der Waals surface area (Å²) in [6.45, 7) is 4.15. The molecule has 0 saturated heterocycles. The van der Waals surface area contributed by atoms with Crippen LogP contribution in [0.3, 0.4) is 0 Å². The third kappa shape index (κ3) is 5.94. The molecule has 2 aliphatic rings. The van der Waals surface area contributed by atoms with E-state index in [-0.39, 0.29) is 18.3 Å². The number of ether oxygens (including phenoxy) is 6. The van der Waals surface area contributed by atoms with E-state index in [2.05, 4.69) is 9.73 Å². The van der Waals surface area contributed by atoms with Gasteiger partial charge in [-0.1, -0.05) is 0 Å². The van der Waals surface area contributed by atoms with Crippen molar-refractivity contribution in [2.24, 2.45) is 4.99 Å². The number of rotatable bonds is 7. The normalized spacial score (nSPS) is 26.4. The fourth-order valence-electron chi connectivity index (χ4n) is 3.22. The zero-order chi connectivity index (χ0) is 23.3. The Kier molecular flexibility index (Phi) is 7.60. The van der Waals surface area contributed by atoms with E-state index < -0.39 is 60.4 Å². The highest BCUT2D eigenvalue weighted by atomic mass is 16.6. The van der Waals surface area contributed by atoms with Crippen LogP contribution in [-0.4, -0.2) is 85.2 Å². The van der Waals surface area contributed by atoms with Gasteiger partial charge in [-0.25, -0.2) is 9.79 Å². The van der Waals surface area contributed by atoms with Crippen LogP contribution in [0.4, 0.5) is 0 Å². The average molecular weight is 443 g/mol. The molecule has 0 unspecified atom stereocenters. The van der Waals surface area contributed by atoms with E-state index in [1.54, 1.807) is 6.92 Å². The molecule has 2 aliphatic heterocycles. The highest BCUT2D eigenvalue weighted by Gasteiger charge is 2.55. The molecule has 172 valence electrons. The molecule has 0 fully saturated rings. The van der Waals surface area contributed by atoms with Gasteiger partial charge in [0, 0.05) is 33.8 Å². The van der Waals surface area contributed by atoms with Crippen molar-refractivity contribution in [1.29, 1.82) is 0 Å². The molecule has 2 heterocycles. The molecule has 12 nitrogen and oxygen atoms in total. The van der Waals surface area contributed by atoms with Crippen molar-refractivity contribution in [2.75, 3.05) is 20.3 Å². The van der Waals surface area contributed by atoms with Crippen LogP contribution in [0, 0.1) is 0 Å². The SMILES string of the molecule is COC(=O)C1=C[C@]2(O)COC(C)=N[C@@H]2[C@H]([C@H](OC(C)=O)[C@@H](COC(C)=O)OC(C)=O)O1. The highest BCUT2D eigenvalue weighted by molar-refractivity contribution is 5.87. The Morgan fingerprint density at radius 3 is 2.39 bits per heavy atom. The third-order valence-electron chi connectivity index (χ3n) is 4.45. The largest absolute Gasteiger partial charge is 0.478 e. The van der Waals surface area contributed by atoms with E-state index in [4.69, 9.17) is 23.7 Å². The van der Waals surface area contributed by atoms with E-state index in [0.717, 1.165) is 34.0 Å². The number of esters is 4. The Morgan fingerprint density at radius 1 is 1.19 bits per heavy atom. The van der Waals surface area contributed by atoms with E-state index in [0.29, 0.717) is 0 Å². The van der Waals surface area contributed by atoms with Crippen LogP contribution in [0.2, 0.25) is 0 Å². The molecule has 12 heteroatoms. The molecule has 0 saturated carbocycles.